The zero-order valence-corrected chi connectivity index (χ0v) is 13.9. The maximum Gasteiger partial charge on any atom is 0.366 e. The summed E-state index contributed by atoms with van der Waals surface area (Å²) in [4.78, 5) is 28.7. The van der Waals surface area contributed by atoms with Gasteiger partial charge in [0, 0.05) is 18.7 Å². The van der Waals surface area contributed by atoms with Crippen molar-refractivity contribution in [2.45, 2.75) is 51.2 Å². The van der Waals surface area contributed by atoms with Crippen LogP contribution >= 0.6 is 0 Å². The van der Waals surface area contributed by atoms with Crippen LogP contribution in [0.4, 0.5) is 11.6 Å². The molecule has 24 heavy (non-hydrogen) atoms. The number of fused-ring (bicyclic) bond motifs is 1. The van der Waals surface area contributed by atoms with Crippen molar-refractivity contribution in [3.8, 4) is 5.75 Å². The Morgan fingerprint density at radius 3 is 2.92 bits per heavy atom. The van der Waals surface area contributed by atoms with E-state index >= 15 is 0 Å². The van der Waals surface area contributed by atoms with E-state index in [1.165, 1.54) is 29.9 Å². The first-order chi connectivity index (χ1) is 11.4. The number of nitrogens with zero attached hydrogens (tertiary/aromatic N) is 3. The quantitative estimate of drug-likeness (QED) is 0.668. The van der Waals surface area contributed by atoms with Gasteiger partial charge >= 0.3 is 5.82 Å². The fourth-order valence-electron chi connectivity index (χ4n) is 3.20. The maximum absolute atomic E-state index is 12.7. The minimum atomic E-state index is -1.01. The molecular weight excluding hydrogens is 312 g/mol. The van der Waals surface area contributed by atoms with E-state index in [4.69, 9.17) is 4.74 Å². The zero-order chi connectivity index (χ0) is 17.3. The molecule has 0 aliphatic carbocycles. The Balaban J connectivity index is 1.86. The number of pyridine rings is 1. The van der Waals surface area contributed by atoms with Crippen LogP contribution in [-0.2, 0) is 4.79 Å². The number of hydrogen-bond donors (Lipinski definition) is 1. The number of rotatable bonds is 4. The topological polar surface area (TPSA) is 97.6 Å². The number of ether oxygens (including phenoxy) is 1. The third-order valence-electron chi connectivity index (χ3n) is 4.51. The van der Waals surface area contributed by atoms with Crippen molar-refractivity contribution in [2.24, 2.45) is 0 Å². The molecule has 0 saturated carbocycles. The highest BCUT2D eigenvalue weighted by atomic mass is 16.6. The molecule has 130 valence electrons. The SMILES string of the molecule is CC1(C)Oc2ccc([N+](=O)[O-])nc2N(CCC2CCCCN2)C1=O. The molecule has 3 heterocycles. The largest absolute Gasteiger partial charge is 0.472 e. The van der Waals surface area contributed by atoms with Gasteiger partial charge in [-0.1, -0.05) is 6.42 Å². The fraction of sp³-hybridized carbons (Fsp3) is 0.625. The van der Waals surface area contributed by atoms with Gasteiger partial charge in [-0.15, -0.1) is 0 Å². The molecule has 1 saturated heterocycles. The van der Waals surface area contributed by atoms with Crippen LogP contribution in [0.1, 0.15) is 39.5 Å². The van der Waals surface area contributed by atoms with Gasteiger partial charge in [-0.05, 0) is 55.6 Å². The van der Waals surface area contributed by atoms with Crippen LogP contribution in [0.15, 0.2) is 12.1 Å². The molecule has 1 N–H and O–H groups in total. The first-order valence-electron chi connectivity index (χ1n) is 8.28. The van der Waals surface area contributed by atoms with E-state index in [2.05, 4.69) is 10.3 Å². The average molecular weight is 334 g/mol. The third kappa shape index (κ3) is 3.19. The summed E-state index contributed by atoms with van der Waals surface area (Å²) in [5.74, 6) is 0.135. The number of hydrogen-bond acceptors (Lipinski definition) is 6. The lowest BCUT2D eigenvalue weighted by atomic mass is 10.0. The van der Waals surface area contributed by atoms with Crippen LogP contribution in [0.3, 0.4) is 0 Å². The molecule has 0 radical (unpaired) electrons. The Bertz CT molecular complexity index is 655. The van der Waals surface area contributed by atoms with Gasteiger partial charge in [0.1, 0.15) is 0 Å². The van der Waals surface area contributed by atoms with Gasteiger partial charge < -0.3 is 20.2 Å². The van der Waals surface area contributed by atoms with Gasteiger partial charge in [-0.2, -0.15) is 0 Å². The molecule has 1 aromatic heterocycles. The van der Waals surface area contributed by atoms with Crippen molar-refractivity contribution >= 4 is 17.5 Å². The number of carbonyl (C=O) groups is 1. The van der Waals surface area contributed by atoms with E-state index in [-0.39, 0.29) is 17.5 Å². The van der Waals surface area contributed by atoms with Gasteiger partial charge in [0.05, 0.1) is 0 Å². The first kappa shape index (κ1) is 16.6. The highest BCUT2D eigenvalue weighted by molar-refractivity contribution is 6.01. The minimum absolute atomic E-state index is 0.223. The van der Waals surface area contributed by atoms with Crippen LogP contribution in [-0.4, -0.2) is 40.5 Å². The molecule has 8 heteroatoms. The van der Waals surface area contributed by atoms with Crippen LogP contribution in [0.5, 0.6) is 5.75 Å². The van der Waals surface area contributed by atoms with Crippen molar-refractivity contribution in [2.75, 3.05) is 18.0 Å². The highest BCUT2D eigenvalue weighted by Crippen LogP contribution is 2.37. The summed E-state index contributed by atoms with van der Waals surface area (Å²) in [6, 6.07) is 3.17. The molecule has 1 atom stereocenters. The first-order valence-corrected chi connectivity index (χ1v) is 8.28. The monoisotopic (exact) mass is 334 g/mol. The standard InChI is InChI=1S/C16H22N4O4/c1-16(2)15(21)19(10-8-11-5-3-4-9-17-11)14-12(24-16)6-7-13(18-14)20(22)23/h6-7,11,17H,3-5,8-10H2,1-2H3. The molecule has 2 aliphatic rings. The number of nitro groups is 1. The molecule has 0 bridgehead atoms. The molecule has 1 unspecified atom stereocenters. The van der Waals surface area contributed by atoms with Crippen LogP contribution in [0, 0.1) is 10.1 Å². The summed E-state index contributed by atoms with van der Waals surface area (Å²) < 4.78 is 5.70. The third-order valence-corrected chi connectivity index (χ3v) is 4.51. The number of amides is 1. The normalized spacial score (nSPS) is 22.7. The molecule has 8 nitrogen and oxygen atoms in total. The van der Waals surface area contributed by atoms with Crippen LogP contribution in [0.25, 0.3) is 0 Å². The van der Waals surface area contributed by atoms with Gasteiger partial charge in [0.2, 0.25) is 0 Å². The fourth-order valence-corrected chi connectivity index (χ4v) is 3.20. The van der Waals surface area contributed by atoms with Gasteiger partial charge in [0.25, 0.3) is 11.7 Å². The average Bonchev–Trinajstić information content (AvgIpc) is 2.55. The zero-order valence-electron chi connectivity index (χ0n) is 13.9. The van der Waals surface area contributed by atoms with E-state index in [1.807, 2.05) is 0 Å². The smallest absolute Gasteiger partial charge is 0.366 e. The second-order valence-electron chi connectivity index (χ2n) is 6.75. The van der Waals surface area contributed by atoms with Crippen LogP contribution < -0.4 is 15.0 Å². The molecule has 1 aromatic rings. The van der Waals surface area contributed by atoms with E-state index in [9.17, 15) is 14.9 Å². The summed E-state index contributed by atoms with van der Waals surface area (Å²) in [5.41, 5.74) is -1.01. The van der Waals surface area contributed by atoms with Crippen molar-refractivity contribution in [1.82, 2.24) is 10.3 Å². The lowest BCUT2D eigenvalue weighted by Crippen LogP contribution is -2.53. The van der Waals surface area contributed by atoms with Crippen molar-refractivity contribution in [3.63, 3.8) is 0 Å². The predicted molar refractivity (Wildman–Crippen MR) is 88.2 cm³/mol. The molecule has 0 spiro atoms. The lowest BCUT2D eigenvalue weighted by Gasteiger charge is -2.36. The summed E-state index contributed by atoms with van der Waals surface area (Å²) >= 11 is 0. The van der Waals surface area contributed by atoms with Gasteiger partial charge in [-0.3, -0.25) is 9.69 Å². The Morgan fingerprint density at radius 1 is 1.46 bits per heavy atom. The number of carbonyl (C=O) groups excluding carboxylic acids is 1. The number of anilines is 1. The minimum Gasteiger partial charge on any atom is -0.472 e. The molecular formula is C16H22N4O4. The second-order valence-corrected chi connectivity index (χ2v) is 6.75. The Morgan fingerprint density at radius 2 is 2.25 bits per heavy atom. The van der Waals surface area contributed by atoms with E-state index in [0.29, 0.717) is 18.3 Å². The molecule has 0 aromatic carbocycles. The lowest BCUT2D eigenvalue weighted by molar-refractivity contribution is -0.389. The summed E-state index contributed by atoms with van der Waals surface area (Å²) in [5, 5.41) is 14.4. The summed E-state index contributed by atoms with van der Waals surface area (Å²) in [6.07, 6.45) is 4.22. The van der Waals surface area contributed by atoms with E-state index in [0.717, 1.165) is 19.4 Å². The Hall–Kier alpha value is -2.22. The van der Waals surface area contributed by atoms with Crippen molar-refractivity contribution in [1.29, 1.82) is 0 Å². The van der Waals surface area contributed by atoms with Crippen LogP contribution in [0.2, 0.25) is 0 Å². The number of nitrogens with one attached hydrogen (secondary N) is 1. The van der Waals surface area contributed by atoms with E-state index in [1.54, 1.807) is 13.8 Å². The summed E-state index contributed by atoms with van der Waals surface area (Å²) in [6.45, 7) is 4.86. The number of aromatic nitrogens is 1. The second kappa shape index (κ2) is 6.35. The maximum atomic E-state index is 12.7. The predicted octanol–water partition coefficient (Wildman–Crippen LogP) is 2.03. The molecule has 1 amide bonds. The molecule has 2 aliphatic heterocycles. The van der Waals surface area contributed by atoms with E-state index < -0.39 is 10.5 Å². The van der Waals surface area contributed by atoms with Gasteiger partial charge in [-0.25, -0.2) is 0 Å². The number of piperidine rings is 1. The Labute approximate surface area is 140 Å². The molecule has 3 rings (SSSR count). The van der Waals surface area contributed by atoms with Crippen molar-refractivity contribution in [3.05, 3.63) is 22.2 Å². The van der Waals surface area contributed by atoms with Gasteiger partial charge in [0.15, 0.2) is 11.4 Å². The Kier molecular flexibility index (Phi) is 4.40. The highest BCUT2D eigenvalue weighted by Gasteiger charge is 2.44. The summed E-state index contributed by atoms with van der Waals surface area (Å²) in [7, 11) is 0. The molecule has 1 fully saturated rings. The van der Waals surface area contributed by atoms with Crippen molar-refractivity contribution < 1.29 is 14.5 Å².